The number of aliphatic carboxylic acids is 1. The van der Waals surface area contributed by atoms with Crippen molar-refractivity contribution in [2.75, 3.05) is 18.1 Å². The Morgan fingerprint density at radius 3 is 2.25 bits per heavy atom. The number of benzene rings is 1. The summed E-state index contributed by atoms with van der Waals surface area (Å²) >= 11 is 0. The zero-order valence-electron chi connectivity index (χ0n) is 12.8. The van der Waals surface area contributed by atoms with Gasteiger partial charge in [0.1, 0.15) is 5.75 Å². The van der Waals surface area contributed by atoms with E-state index in [1.807, 2.05) is 4.90 Å². The lowest BCUT2D eigenvalue weighted by Crippen LogP contribution is -2.32. The molecule has 0 aliphatic heterocycles. The first kappa shape index (κ1) is 18.7. The molecule has 0 heterocycles. The van der Waals surface area contributed by atoms with E-state index in [1.54, 1.807) is 0 Å². The van der Waals surface area contributed by atoms with Gasteiger partial charge in [-0.25, -0.2) is 8.42 Å². The lowest BCUT2D eigenvalue weighted by atomic mass is 10.1. The minimum absolute atomic E-state index is 0.168. The van der Waals surface area contributed by atoms with Crippen molar-refractivity contribution < 1.29 is 31.5 Å². The molecule has 9 heteroatoms. The molecule has 1 saturated carbocycles. The molecule has 1 N–H and O–H groups in total. The Morgan fingerprint density at radius 2 is 1.79 bits per heavy atom. The lowest BCUT2D eigenvalue weighted by molar-refractivity contribution is -0.137. The Bertz CT molecular complexity index is 682. The van der Waals surface area contributed by atoms with Crippen molar-refractivity contribution in [2.45, 2.75) is 31.6 Å². The van der Waals surface area contributed by atoms with Gasteiger partial charge in [-0.1, -0.05) is 12.1 Å². The molecule has 0 aromatic heterocycles. The summed E-state index contributed by atoms with van der Waals surface area (Å²) in [5, 5.41) is 8.58. The Balaban J connectivity index is 1.98. The molecule has 1 aromatic carbocycles. The van der Waals surface area contributed by atoms with Crippen LogP contribution in [0.1, 0.15) is 24.0 Å². The number of carbonyl (C=O) groups is 1. The number of nitrogens with zero attached hydrogens (tertiary/aromatic N) is 1. The zero-order valence-corrected chi connectivity index (χ0v) is 13.6. The predicted octanol–water partition coefficient (Wildman–Crippen LogP) is 2.17. The lowest BCUT2D eigenvalue weighted by Gasteiger charge is -2.22. The number of alkyl halides is 3. The number of sulfone groups is 1. The van der Waals surface area contributed by atoms with Crippen molar-refractivity contribution in [2.24, 2.45) is 0 Å². The van der Waals surface area contributed by atoms with E-state index >= 15 is 0 Å². The molecule has 134 valence electrons. The molecular weight excluding hydrogens is 347 g/mol. The molecule has 0 radical (unpaired) electrons. The summed E-state index contributed by atoms with van der Waals surface area (Å²) in [5.74, 6) is -2.59. The topological polar surface area (TPSA) is 74.7 Å². The van der Waals surface area contributed by atoms with Crippen molar-refractivity contribution in [3.05, 3.63) is 35.4 Å². The number of carboxylic acids is 1. The minimum atomic E-state index is -4.39. The van der Waals surface area contributed by atoms with E-state index < -0.39 is 33.3 Å². The van der Waals surface area contributed by atoms with Gasteiger partial charge in [-0.2, -0.15) is 13.2 Å². The van der Waals surface area contributed by atoms with Crippen molar-refractivity contribution in [1.29, 1.82) is 0 Å². The number of rotatable bonds is 8. The predicted molar refractivity (Wildman–Crippen MR) is 81.2 cm³/mol. The zero-order chi connectivity index (χ0) is 18.0. The van der Waals surface area contributed by atoms with Gasteiger partial charge in [-0.3, -0.25) is 9.69 Å². The van der Waals surface area contributed by atoms with Crippen LogP contribution in [-0.2, 0) is 27.4 Å². The Hall–Kier alpha value is -1.61. The van der Waals surface area contributed by atoms with Gasteiger partial charge in [0.25, 0.3) is 0 Å². The summed E-state index contributed by atoms with van der Waals surface area (Å²) in [7, 11) is -3.69. The van der Waals surface area contributed by atoms with Gasteiger partial charge in [0, 0.05) is 19.1 Å². The quantitative estimate of drug-likeness (QED) is 0.764. The Morgan fingerprint density at radius 1 is 1.21 bits per heavy atom. The molecule has 0 atom stereocenters. The van der Waals surface area contributed by atoms with Crippen LogP contribution in [0.2, 0.25) is 0 Å². The van der Waals surface area contributed by atoms with Gasteiger partial charge in [0.05, 0.1) is 11.3 Å². The first-order valence-electron chi connectivity index (χ1n) is 7.39. The molecule has 0 bridgehead atoms. The third kappa shape index (κ3) is 5.79. The monoisotopic (exact) mass is 365 g/mol. The van der Waals surface area contributed by atoms with Crippen molar-refractivity contribution >= 4 is 15.8 Å². The van der Waals surface area contributed by atoms with E-state index in [-0.39, 0.29) is 18.3 Å². The van der Waals surface area contributed by atoms with Gasteiger partial charge < -0.3 is 5.11 Å². The van der Waals surface area contributed by atoms with Gasteiger partial charge in [0.2, 0.25) is 0 Å². The number of halogens is 3. The molecule has 1 aliphatic rings. The highest BCUT2D eigenvalue weighted by Crippen LogP contribution is 2.31. The molecule has 1 fully saturated rings. The van der Waals surface area contributed by atoms with Crippen LogP contribution in [0.4, 0.5) is 13.2 Å². The summed E-state index contributed by atoms with van der Waals surface area (Å²) in [6.07, 6.45) is -2.58. The van der Waals surface area contributed by atoms with E-state index in [0.717, 1.165) is 25.0 Å². The van der Waals surface area contributed by atoms with Gasteiger partial charge in [-0.15, -0.1) is 0 Å². The fraction of sp³-hybridized carbons (Fsp3) is 0.533. The minimum Gasteiger partial charge on any atom is -0.480 e. The first-order chi connectivity index (χ1) is 11.1. The van der Waals surface area contributed by atoms with Crippen LogP contribution in [0, 0.1) is 0 Å². The summed E-state index contributed by atoms with van der Waals surface area (Å²) < 4.78 is 61.0. The van der Waals surface area contributed by atoms with Crippen LogP contribution in [0.5, 0.6) is 0 Å². The number of carboxylic acid groups (broad SMARTS) is 1. The van der Waals surface area contributed by atoms with Crippen LogP contribution in [0.15, 0.2) is 24.3 Å². The Labute approximate surface area is 138 Å². The summed E-state index contributed by atoms with van der Waals surface area (Å²) in [6, 6.07) is 4.96. The maximum absolute atomic E-state index is 12.6. The highest BCUT2D eigenvalue weighted by Gasteiger charge is 2.32. The smallest absolute Gasteiger partial charge is 0.416 e. The van der Waals surface area contributed by atoms with Crippen LogP contribution in [0.25, 0.3) is 0 Å². The molecule has 1 aliphatic carbocycles. The van der Waals surface area contributed by atoms with Crippen molar-refractivity contribution in [3.8, 4) is 0 Å². The maximum atomic E-state index is 12.6. The molecule has 0 saturated heterocycles. The van der Waals surface area contributed by atoms with Crippen LogP contribution in [0.3, 0.4) is 0 Å². The second-order valence-corrected chi connectivity index (χ2v) is 8.07. The molecule has 24 heavy (non-hydrogen) atoms. The molecule has 0 unspecified atom stereocenters. The average Bonchev–Trinajstić information content (AvgIpc) is 3.26. The summed E-state index contributed by atoms with van der Waals surface area (Å²) in [5.41, 5.74) is -0.0706. The van der Waals surface area contributed by atoms with Gasteiger partial charge in [-0.05, 0) is 30.5 Å². The van der Waals surface area contributed by atoms with Crippen LogP contribution in [-0.4, -0.2) is 48.5 Å². The second kappa shape index (κ2) is 7.10. The van der Waals surface area contributed by atoms with Crippen LogP contribution < -0.4 is 0 Å². The van der Waals surface area contributed by atoms with Crippen molar-refractivity contribution in [1.82, 2.24) is 4.90 Å². The fourth-order valence-electron chi connectivity index (χ4n) is 2.38. The van der Waals surface area contributed by atoms with E-state index in [1.165, 1.54) is 12.1 Å². The van der Waals surface area contributed by atoms with E-state index in [0.29, 0.717) is 12.1 Å². The average molecular weight is 365 g/mol. The molecule has 5 nitrogen and oxygen atoms in total. The van der Waals surface area contributed by atoms with Gasteiger partial charge in [0.15, 0.2) is 9.84 Å². The fourth-order valence-corrected chi connectivity index (χ4v) is 3.41. The third-order valence-corrected chi connectivity index (χ3v) is 5.25. The maximum Gasteiger partial charge on any atom is 0.416 e. The van der Waals surface area contributed by atoms with E-state index in [4.69, 9.17) is 5.11 Å². The molecule has 2 rings (SSSR count). The Kier molecular flexibility index (Phi) is 5.54. The van der Waals surface area contributed by atoms with E-state index in [2.05, 4.69) is 0 Å². The first-order valence-corrected chi connectivity index (χ1v) is 9.21. The molecule has 1 aromatic rings. The highest BCUT2D eigenvalue weighted by atomic mass is 32.2. The van der Waals surface area contributed by atoms with Crippen LogP contribution >= 0.6 is 0 Å². The normalized spacial score (nSPS) is 15.7. The van der Waals surface area contributed by atoms with Crippen molar-refractivity contribution in [3.63, 3.8) is 0 Å². The van der Waals surface area contributed by atoms with E-state index in [9.17, 15) is 26.4 Å². The molecule has 0 spiro atoms. The number of hydrogen-bond donors (Lipinski definition) is 1. The number of hydrogen-bond acceptors (Lipinski definition) is 4. The highest BCUT2D eigenvalue weighted by molar-refractivity contribution is 7.92. The molecule has 0 amide bonds. The van der Waals surface area contributed by atoms with Gasteiger partial charge >= 0.3 is 12.1 Å². The third-order valence-electron chi connectivity index (χ3n) is 3.76. The second-order valence-electron chi connectivity index (χ2n) is 5.88. The summed E-state index contributed by atoms with van der Waals surface area (Å²) in [6.45, 7) is 0.507. The standard InChI is InChI=1S/C15H18F3NO4S/c16-15(17,18)12-3-1-11(2-4-12)9-19(13-5-6-13)7-8-24(22,23)10-14(20)21/h1-4,13H,5-10H2,(H,20,21). The molecular formula is C15H18F3NO4S. The summed E-state index contributed by atoms with van der Waals surface area (Å²) in [4.78, 5) is 12.4. The SMILES string of the molecule is O=C(O)CS(=O)(=O)CCN(Cc1ccc(C(F)(F)F)cc1)C1CC1. The largest absolute Gasteiger partial charge is 0.480 e.